The molecule has 4 rings (SSSR count). The zero-order valence-corrected chi connectivity index (χ0v) is 21.7. The van der Waals surface area contributed by atoms with E-state index in [2.05, 4.69) is 15.2 Å². The van der Waals surface area contributed by atoms with Crippen molar-refractivity contribution in [1.29, 1.82) is 0 Å². The molecule has 0 saturated carbocycles. The smallest absolute Gasteiger partial charge is 0.345 e. The SMILES string of the molecule is CC[C@H](N=C(C[N+](=O)[O-])N1CCC[C@@H]1c1nnc(C)n1Cc1ccc(Cl)cc1)c1ccc(C(F)(F)F)nc1. The lowest BCUT2D eigenvalue weighted by atomic mass is 10.1. The van der Waals surface area contributed by atoms with Gasteiger partial charge in [-0.15, -0.1) is 10.2 Å². The Morgan fingerprint density at radius 2 is 1.97 bits per heavy atom. The van der Waals surface area contributed by atoms with Gasteiger partial charge in [0.1, 0.15) is 11.5 Å². The van der Waals surface area contributed by atoms with Gasteiger partial charge in [-0.25, -0.2) is 0 Å². The zero-order valence-electron chi connectivity index (χ0n) is 20.9. The number of hydrogen-bond acceptors (Lipinski definition) is 6. The highest BCUT2D eigenvalue weighted by Crippen LogP contribution is 2.34. The van der Waals surface area contributed by atoms with Gasteiger partial charge in [0.15, 0.2) is 11.7 Å². The number of hydrogen-bond donors (Lipinski definition) is 0. The second-order valence-electron chi connectivity index (χ2n) is 9.10. The standard InChI is InChI=1S/C25H27ClF3N7O2/c1-3-20(18-8-11-22(30-13-18)25(27,28)29)31-23(15-36(37)38)34-12-4-5-21(34)24-33-32-16(2)35(24)14-17-6-9-19(26)10-7-17/h6-11,13,20-21H,3-5,12,14-15H2,1-2H3/t20-,21+/m0/s1. The predicted molar refractivity (Wildman–Crippen MR) is 136 cm³/mol. The normalized spacial score (nSPS) is 17.2. The number of pyridine rings is 1. The van der Waals surface area contributed by atoms with E-state index in [9.17, 15) is 23.3 Å². The third-order valence-electron chi connectivity index (χ3n) is 6.52. The summed E-state index contributed by atoms with van der Waals surface area (Å²) in [5, 5.41) is 20.9. The van der Waals surface area contributed by atoms with E-state index in [4.69, 9.17) is 16.6 Å². The van der Waals surface area contributed by atoms with Gasteiger partial charge in [0, 0.05) is 22.7 Å². The quantitative estimate of drug-likeness (QED) is 0.155. The summed E-state index contributed by atoms with van der Waals surface area (Å²) in [4.78, 5) is 21.3. The van der Waals surface area contributed by atoms with Crippen molar-refractivity contribution in [1.82, 2.24) is 24.6 Å². The van der Waals surface area contributed by atoms with E-state index in [1.807, 2.05) is 35.4 Å². The average molecular weight is 550 g/mol. The Bertz CT molecular complexity index is 1290. The summed E-state index contributed by atoms with van der Waals surface area (Å²) < 4.78 is 40.9. The molecule has 1 aliphatic rings. The van der Waals surface area contributed by atoms with Crippen LogP contribution in [-0.2, 0) is 12.7 Å². The molecule has 13 heteroatoms. The van der Waals surface area contributed by atoms with E-state index >= 15 is 0 Å². The lowest BCUT2D eigenvalue weighted by Crippen LogP contribution is -2.37. The fraction of sp³-hybridized carbons (Fsp3) is 0.440. The molecule has 202 valence electrons. The summed E-state index contributed by atoms with van der Waals surface area (Å²) >= 11 is 6.02. The summed E-state index contributed by atoms with van der Waals surface area (Å²) in [6, 6.07) is 8.80. The maximum atomic E-state index is 13.0. The highest BCUT2D eigenvalue weighted by Gasteiger charge is 2.35. The van der Waals surface area contributed by atoms with E-state index in [0.29, 0.717) is 48.2 Å². The molecule has 0 N–H and O–H groups in total. The first-order valence-electron chi connectivity index (χ1n) is 12.2. The summed E-state index contributed by atoms with van der Waals surface area (Å²) in [5.41, 5.74) is 0.461. The zero-order chi connectivity index (χ0) is 27.4. The van der Waals surface area contributed by atoms with Gasteiger partial charge < -0.3 is 9.47 Å². The topological polar surface area (TPSA) is 102 Å². The van der Waals surface area contributed by atoms with Gasteiger partial charge >= 0.3 is 6.18 Å². The Labute approximate surface area is 222 Å². The van der Waals surface area contributed by atoms with Gasteiger partial charge in [-0.1, -0.05) is 36.7 Å². The van der Waals surface area contributed by atoms with Crippen molar-refractivity contribution in [3.63, 3.8) is 0 Å². The van der Waals surface area contributed by atoms with Crippen molar-refractivity contribution >= 4 is 17.4 Å². The highest BCUT2D eigenvalue weighted by atomic mass is 35.5. The van der Waals surface area contributed by atoms with Crippen molar-refractivity contribution in [2.45, 2.75) is 57.9 Å². The van der Waals surface area contributed by atoms with Crippen LogP contribution in [0.1, 0.15) is 66.7 Å². The molecule has 3 heterocycles. The summed E-state index contributed by atoms with van der Waals surface area (Å²) in [6.45, 7) is 4.19. The summed E-state index contributed by atoms with van der Waals surface area (Å²) in [7, 11) is 0. The Balaban J connectivity index is 1.66. The molecule has 1 aliphatic heterocycles. The minimum absolute atomic E-state index is 0.253. The van der Waals surface area contributed by atoms with Crippen molar-refractivity contribution in [2.24, 2.45) is 4.99 Å². The van der Waals surface area contributed by atoms with Crippen molar-refractivity contribution < 1.29 is 18.1 Å². The Hall–Kier alpha value is -3.54. The second-order valence-corrected chi connectivity index (χ2v) is 9.54. The average Bonchev–Trinajstić information content (AvgIpc) is 3.49. The van der Waals surface area contributed by atoms with Crippen LogP contribution in [0.3, 0.4) is 0 Å². The van der Waals surface area contributed by atoms with E-state index < -0.39 is 29.4 Å². The molecule has 0 radical (unpaired) electrons. The van der Waals surface area contributed by atoms with Crippen LogP contribution in [0.4, 0.5) is 13.2 Å². The number of benzene rings is 1. The van der Waals surface area contributed by atoms with Crippen molar-refractivity contribution in [2.75, 3.05) is 13.1 Å². The molecule has 0 aliphatic carbocycles. The Morgan fingerprint density at radius 3 is 2.58 bits per heavy atom. The molecule has 38 heavy (non-hydrogen) atoms. The molecule has 0 amide bonds. The number of amidine groups is 1. The molecule has 2 atom stereocenters. The number of halogens is 4. The fourth-order valence-electron chi connectivity index (χ4n) is 4.63. The maximum absolute atomic E-state index is 13.0. The number of aromatic nitrogens is 4. The van der Waals surface area contributed by atoms with Gasteiger partial charge in [0.05, 0.1) is 18.6 Å². The number of rotatable bonds is 8. The van der Waals surface area contributed by atoms with Crippen LogP contribution in [0.25, 0.3) is 0 Å². The lowest BCUT2D eigenvalue weighted by molar-refractivity contribution is -0.464. The van der Waals surface area contributed by atoms with Crippen LogP contribution in [0, 0.1) is 17.0 Å². The van der Waals surface area contributed by atoms with Gasteiger partial charge in [-0.2, -0.15) is 13.2 Å². The van der Waals surface area contributed by atoms with Crippen LogP contribution in [0.15, 0.2) is 47.6 Å². The first-order valence-corrected chi connectivity index (χ1v) is 12.6. The molecular weight excluding hydrogens is 523 g/mol. The van der Waals surface area contributed by atoms with Crippen LogP contribution >= 0.6 is 11.6 Å². The van der Waals surface area contributed by atoms with Gasteiger partial charge in [0.2, 0.25) is 0 Å². The molecular formula is C25H27ClF3N7O2. The van der Waals surface area contributed by atoms with E-state index in [0.717, 1.165) is 24.2 Å². The van der Waals surface area contributed by atoms with Gasteiger partial charge in [-0.05, 0) is 55.5 Å². The second kappa shape index (κ2) is 11.5. The molecule has 1 saturated heterocycles. The van der Waals surface area contributed by atoms with Crippen molar-refractivity contribution in [3.05, 3.63) is 86.2 Å². The summed E-state index contributed by atoms with van der Waals surface area (Å²) in [5.74, 6) is 1.63. The number of nitrogens with zero attached hydrogens (tertiary/aromatic N) is 7. The largest absolute Gasteiger partial charge is 0.433 e. The van der Waals surface area contributed by atoms with E-state index in [1.54, 1.807) is 12.1 Å². The molecule has 2 aromatic heterocycles. The van der Waals surface area contributed by atoms with Gasteiger partial charge in [-0.3, -0.25) is 20.1 Å². The molecule has 0 bridgehead atoms. The van der Waals surface area contributed by atoms with E-state index in [-0.39, 0.29) is 11.9 Å². The number of aryl methyl sites for hydroxylation is 1. The van der Waals surface area contributed by atoms with E-state index in [1.165, 1.54) is 6.07 Å². The minimum Gasteiger partial charge on any atom is -0.345 e. The number of likely N-dealkylation sites (tertiary alicyclic amines) is 1. The van der Waals surface area contributed by atoms with Crippen LogP contribution in [0.2, 0.25) is 5.02 Å². The third-order valence-corrected chi connectivity index (χ3v) is 6.78. The molecule has 9 nitrogen and oxygen atoms in total. The maximum Gasteiger partial charge on any atom is 0.433 e. The Kier molecular flexibility index (Phi) is 8.29. The fourth-order valence-corrected chi connectivity index (χ4v) is 4.75. The molecule has 1 aromatic carbocycles. The number of nitro groups is 1. The van der Waals surface area contributed by atoms with Crippen LogP contribution in [-0.4, -0.2) is 48.5 Å². The van der Waals surface area contributed by atoms with Crippen molar-refractivity contribution in [3.8, 4) is 0 Å². The summed E-state index contributed by atoms with van der Waals surface area (Å²) in [6.07, 6.45) is -1.51. The molecule has 0 spiro atoms. The molecule has 1 fully saturated rings. The molecule has 3 aromatic rings. The predicted octanol–water partition coefficient (Wildman–Crippen LogP) is 5.67. The van der Waals surface area contributed by atoms with Crippen LogP contribution in [0.5, 0.6) is 0 Å². The monoisotopic (exact) mass is 549 g/mol. The third kappa shape index (κ3) is 6.29. The first-order chi connectivity index (χ1) is 18.1. The lowest BCUT2D eigenvalue weighted by Gasteiger charge is -2.27. The first kappa shape index (κ1) is 27.5. The number of aliphatic imine (C=N–C) groups is 1. The highest BCUT2D eigenvalue weighted by molar-refractivity contribution is 6.30. The molecule has 0 unspecified atom stereocenters. The Morgan fingerprint density at radius 1 is 1.24 bits per heavy atom. The van der Waals surface area contributed by atoms with Crippen LogP contribution < -0.4 is 0 Å². The number of alkyl halides is 3. The minimum atomic E-state index is -4.55. The van der Waals surface area contributed by atoms with Gasteiger partial charge in [0.25, 0.3) is 6.54 Å².